The lowest BCUT2D eigenvalue weighted by atomic mass is 10.00. The number of hydrogen-bond donors (Lipinski definition) is 2. The lowest BCUT2D eigenvalue weighted by Crippen LogP contribution is -2.47. The highest BCUT2D eigenvalue weighted by Gasteiger charge is 2.25. The maximum absolute atomic E-state index is 6.17. The first-order chi connectivity index (χ1) is 9.11. The van der Waals surface area contributed by atoms with Crippen molar-refractivity contribution >= 4 is 23.4 Å². The van der Waals surface area contributed by atoms with E-state index in [9.17, 15) is 0 Å². The van der Waals surface area contributed by atoms with E-state index in [-0.39, 0.29) is 0 Å². The fourth-order valence-electron chi connectivity index (χ4n) is 2.45. The Bertz CT molecular complexity index is 415. The van der Waals surface area contributed by atoms with Gasteiger partial charge in [-0.2, -0.15) is 4.98 Å². The first-order valence-corrected chi connectivity index (χ1v) is 7.31. The molecule has 106 valence electrons. The molecule has 1 aliphatic heterocycles. The van der Waals surface area contributed by atoms with Gasteiger partial charge in [-0.3, -0.25) is 0 Å². The highest BCUT2D eigenvalue weighted by atomic mass is 35.5. The fraction of sp³-hybridized carbons (Fsp3) is 0.692. The molecule has 2 heterocycles. The van der Waals surface area contributed by atoms with Crippen molar-refractivity contribution in [2.24, 2.45) is 0 Å². The van der Waals surface area contributed by atoms with E-state index in [1.165, 1.54) is 19.3 Å². The SMILES string of the molecule is CCNc1ncc(Cl)c(NN2C(C)CCCC2C)n1. The highest BCUT2D eigenvalue weighted by molar-refractivity contribution is 6.32. The zero-order valence-corrected chi connectivity index (χ0v) is 12.5. The summed E-state index contributed by atoms with van der Waals surface area (Å²) in [5.74, 6) is 1.28. The smallest absolute Gasteiger partial charge is 0.224 e. The topological polar surface area (TPSA) is 53.1 Å². The predicted molar refractivity (Wildman–Crippen MR) is 79.4 cm³/mol. The summed E-state index contributed by atoms with van der Waals surface area (Å²) in [6.45, 7) is 7.25. The monoisotopic (exact) mass is 283 g/mol. The van der Waals surface area contributed by atoms with Gasteiger partial charge in [-0.15, -0.1) is 0 Å². The Morgan fingerprint density at radius 2 is 2.05 bits per heavy atom. The van der Waals surface area contributed by atoms with E-state index < -0.39 is 0 Å². The molecule has 0 bridgehead atoms. The summed E-state index contributed by atoms with van der Waals surface area (Å²) in [6, 6.07) is 0.967. The Hall–Kier alpha value is -1.07. The number of piperidine rings is 1. The van der Waals surface area contributed by atoms with Crippen LogP contribution < -0.4 is 10.7 Å². The van der Waals surface area contributed by atoms with Crippen LogP contribution in [0.2, 0.25) is 5.02 Å². The fourth-order valence-corrected chi connectivity index (χ4v) is 2.59. The average Bonchev–Trinajstić information content (AvgIpc) is 2.38. The molecule has 2 rings (SSSR count). The maximum Gasteiger partial charge on any atom is 0.224 e. The van der Waals surface area contributed by atoms with Gasteiger partial charge in [0.1, 0.15) is 5.02 Å². The van der Waals surface area contributed by atoms with Crippen LogP contribution in [0.4, 0.5) is 11.8 Å². The van der Waals surface area contributed by atoms with Crippen molar-refractivity contribution in [1.82, 2.24) is 15.0 Å². The summed E-state index contributed by atoms with van der Waals surface area (Å²) < 4.78 is 0. The minimum atomic E-state index is 0.484. The Kier molecular flexibility index (Phi) is 4.82. The van der Waals surface area contributed by atoms with E-state index in [1.807, 2.05) is 6.92 Å². The maximum atomic E-state index is 6.17. The lowest BCUT2D eigenvalue weighted by molar-refractivity contribution is 0.135. The van der Waals surface area contributed by atoms with Crippen LogP contribution in [-0.4, -0.2) is 33.6 Å². The minimum absolute atomic E-state index is 0.484. The van der Waals surface area contributed by atoms with Gasteiger partial charge in [0.15, 0.2) is 5.82 Å². The molecule has 1 fully saturated rings. The van der Waals surface area contributed by atoms with Crippen LogP contribution >= 0.6 is 11.6 Å². The molecule has 2 unspecified atom stereocenters. The average molecular weight is 284 g/mol. The Morgan fingerprint density at radius 3 is 2.68 bits per heavy atom. The second kappa shape index (κ2) is 6.39. The van der Waals surface area contributed by atoms with Crippen LogP contribution in [0, 0.1) is 0 Å². The van der Waals surface area contributed by atoms with Gasteiger partial charge in [0.2, 0.25) is 5.95 Å². The highest BCUT2D eigenvalue weighted by Crippen LogP contribution is 2.26. The van der Waals surface area contributed by atoms with Gasteiger partial charge in [-0.1, -0.05) is 18.0 Å². The molecule has 1 aromatic heterocycles. The molecule has 6 heteroatoms. The van der Waals surface area contributed by atoms with Gasteiger partial charge < -0.3 is 10.7 Å². The molecule has 1 saturated heterocycles. The van der Waals surface area contributed by atoms with Crippen LogP contribution in [0.1, 0.15) is 40.0 Å². The largest absolute Gasteiger partial charge is 0.354 e. The van der Waals surface area contributed by atoms with Crippen LogP contribution in [0.5, 0.6) is 0 Å². The first-order valence-electron chi connectivity index (χ1n) is 6.93. The summed E-state index contributed by atoms with van der Waals surface area (Å²) in [5.41, 5.74) is 3.36. The second-order valence-corrected chi connectivity index (χ2v) is 5.48. The van der Waals surface area contributed by atoms with E-state index in [2.05, 4.69) is 39.6 Å². The van der Waals surface area contributed by atoms with Gasteiger partial charge in [0, 0.05) is 18.6 Å². The van der Waals surface area contributed by atoms with E-state index in [0.717, 1.165) is 6.54 Å². The third kappa shape index (κ3) is 3.48. The zero-order chi connectivity index (χ0) is 13.8. The number of rotatable bonds is 4. The van der Waals surface area contributed by atoms with E-state index >= 15 is 0 Å². The standard InChI is InChI=1S/C13H22ClN5/c1-4-15-13-16-8-11(14)12(17-13)18-19-9(2)6-5-7-10(19)3/h8-10H,4-7H2,1-3H3,(H2,15,16,17,18). The van der Waals surface area contributed by atoms with E-state index in [0.29, 0.717) is 28.9 Å². The number of aromatic nitrogens is 2. The van der Waals surface area contributed by atoms with Crippen molar-refractivity contribution in [3.8, 4) is 0 Å². The van der Waals surface area contributed by atoms with Crippen molar-refractivity contribution < 1.29 is 0 Å². The Morgan fingerprint density at radius 1 is 1.37 bits per heavy atom. The minimum Gasteiger partial charge on any atom is -0.354 e. The summed E-state index contributed by atoms with van der Waals surface area (Å²) in [4.78, 5) is 8.57. The number of anilines is 2. The molecule has 19 heavy (non-hydrogen) atoms. The molecule has 2 atom stereocenters. The molecule has 1 aromatic rings. The van der Waals surface area contributed by atoms with Gasteiger partial charge >= 0.3 is 0 Å². The summed E-state index contributed by atoms with van der Waals surface area (Å²) in [6.07, 6.45) is 5.30. The quantitative estimate of drug-likeness (QED) is 0.889. The number of nitrogens with zero attached hydrogens (tertiary/aromatic N) is 3. The third-order valence-electron chi connectivity index (χ3n) is 3.51. The van der Waals surface area contributed by atoms with Crippen molar-refractivity contribution in [2.75, 3.05) is 17.3 Å². The Balaban J connectivity index is 2.14. The van der Waals surface area contributed by atoms with Crippen LogP contribution in [0.25, 0.3) is 0 Å². The van der Waals surface area contributed by atoms with Crippen molar-refractivity contribution in [1.29, 1.82) is 0 Å². The molecule has 0 radical (unpaired) electrons. The lowest BCUT2D eigenvalue weighted by Gasteiger charge is -2.39. The van der Waals surface area contributed by atoms with Crippen LogP contribution in [0.3, 0.4) is 0 Å². The van der Waals surface area contributed by atoms with Crippen LogP contribution in [-0.2, 0) is 0 Å². The van der Waals surface area contributed by atoms with E-state index in [4.69, 9.17) is 11.6 Å². The third-order valence-corrected chi connectivity index (χ3v) is 3.78. The molecule has 2 N–H and O–H groups in total. The summed E-state index contributed by atoms with van der Waals surface area (Å²) in [7, 11) is 0. The number of hydrazine groups is 1. The molecule has 0 aliphatic carbocycles. The molecule has 0 aromatic carbocycles. The first kappa shape index (κ1) is 14.3. The summed E-state index contributed by atoms with van der Waals surface area (Å²) >= 11 is 6.17. The molecule has 1 aliphatic rings. The molecular weight excluding hydrogens is 262 g/mol. The van der Waals surface area contributed by atoms with Gasteiger partial charge in [-0.05, 0) is 33.6 Å². The second-order valence-electron chi connectivity index (χ2n) is 5.07. The van der Waals surface area contributed by atoms with Crippen molar-refractivity contribution in [3.05, 3.63) is 11.2 Å². The van der Waals surface area contributed by atoms with Crippen molar-refractivity contribution in [3.63, 3.8) is 0 Å². The van der Waals surface area contributed by atoms with Gasteiger partial charge in [0.05, 0.1) is 6.20 Å². The summed E-state index contributed by atoms with van der Waals surface area (Å²) in [5, 5.41) is 5.89. The number of hydrogen-bond acceptors (Lipinski definition) is 5. The van der Waals surface area contributed by atoms with Gasteiger partial charge in [0.25, 0.3) is 0 Å². The van der Waals surface area contributed by atoms with Crippen LogP contribution in [0.15, 0.2) is 6.20 Å². The number of halogens is 1. The molecule has 0 saturated carbocycles. The molecule has 0 spiro atoms. The molecule has 0 amide bonds. The number of nitrogens with one attached hydrogen (secondary N) is 2. The zero-order valence-electron chi connectivity index (χ0n) is 11.8. The normalized spacial score (nSPS) is 24.2. The van der Waals surface area contributed by atoms with Crippen molar-refractivity contribution in [2.45, 2.75) is 52.1 Å². The van der Waals surface area contributed by atoms with E-state index in [1.54, 1.807) is 6.20 Å². The predicted octanol–water partition coefficient (Wildman–Crippen LogP) is 3.15. The molecular formula is C13H22ClN5. The van der Waals surface area contributed by atoms with Gasteiger partial charge in [-0.25, -0.2) is 9.99 Å². The Labute approximate surface area is 119 Å². The molecule has 5 nitrogen and oxygen atoms in total.